The molecule has 1 N–H and O–H groups in total. The Morgan fingerprint density at radius 3 is 3.15 bits per heavy atom. The largest absolute Gasteiger partial charge is 0.354 e. The molecule has 0 radical (unpaired) electrons. The van der Waals surface area contributed by atoms with Crippen molar-refractivity contribution in [2.75, 3.05) is 24.5 Å². The van der Waals surface area contributed by atoms with Crippen molar-refractivity contribution < 1.29 is 9.32 Å². The van der Waals surface area contributed by atoms with Crippen LogP contribution < -0.4 is 10.2 Å². The first-order chi connectivity index (χ1) is 9.72. The van der Waals surface area contributed by atoms with E-state index >= 15 is 0 Å². The highest BCUT2D eigenvalue weighted by atomic mass is 16.5. The lowest BCUT2D eigenvalue weighted by atomic mass is 10.2. The molecule has 3 rings (SSSR count). The number of rotatable bonds is 2. The van der Waals surface area contributed by atoms with Crippen molar-refractivity contribution in [1.29, 1.82) is 0 Å². The average Bonchev–Trinajstić information content (AvgIpc) is 2.77. The van der Waals surface area contributed by atoms with E-state index in [4.69, 9.17) is 4.52 Å². The van der Waals surface area contributed by atoms with Gasteiger partial charge in [0.2, 0.25) is 5.91 Å². The van der Waals surface area contributed by atoms with E-state index in [1.54, 1.807) is 13.1 Å². The third-order valence-electron chi connectivity index (χ3n) is 3.11. The van der Waals surface area contributed by atoms with Gasteiger partial charge in [0.15, 0.2) is 5.82 Å². The predicted molar refractivity (Wildman–Crippen MR) is 72.1 cm³/mol. The number of carbonyl (C=O) groups excluding carboxylic acids is 1. The van der Waals surface area contributed by atoms with E-state index in [-0.39, 0.29) is 5.91 Å². The summed E-state index contributed by atoms with van der Waals surface area (Å²) in [6, 6.07) is 3.68. The molecule has 1 saturated heterocycles. The lowest BCUT2D eigenvalue weighted by Gasteiger charge is -2.20. The minimum absolute atomic E-state index is 0.0170. The minimum Gasteiger partial charge on any atom is -0.354 e. The maximum atomic E-state index is 11.6. The van der Waals surface area contributed by atoms with E-state index in [2.05, 4.69) is 20.4 Å². The molecule has 1 aliphatic heterocycles. The Bertz CT molecular complexity index is 625. The van der Waals surface area contributed by atoms with Crippen LogP contribution in [0.2, 0.25) is 0 Å². The van der Waals surface area contributed by atoms with Crippen LogP contribution in [-0.4, -0.2) is 40.7 Å². The molecule has 0 unspecified atom stereocenters. The maximum Gasteiger partial charge on any atom is 0.258 e. The first kappa shape index (κ1) is 12.6. The van der Waals surface area contributed by atoms with Crippen LogP contribution in [0, 0.1) is 6.92 Å². The zero-order valence-corrected chi connectivity index (χ0v) is 11.2. The van der Waals surface area contributed by atoms with Crippen LogP contribution in [0.25, 0.3) is 11.5 Å². The quantitative estimate of drug-likeness (QED) is 0.870. The fourth-order valence-corrected chi connectivity index (χ4v) is 2.14. The lowest BCUT2D eigenvalue weighted by Crippen LogP contribution is -2.33. The first-order valence-electron chi connectivity index (χ1n) is 6.51. The molecular weight excluding hydrogens is 258 g/mol. The molecular formula is C13H15N5O2. The van der Waals surface area contributed by atoms with Gasteiger partial charge in [-0.05, 0) is 25.5 Å². The van der Waals surface area contributed by atoms with E-state index in [0.717, 1.165) is 24.3 Å². The zero-order chi connectivity index (χ0) is 13.9. The number of pyridine rings is 1. The lowest BCUT2D eigenvalue weighted by molar-refractivity contribution is -0.119. The van der Waals surface area contributed by atoms with Gasteiger partial charge in [-0.2, -0.15) is 4.98 Å². The van der Waals surface area contributed by atoms with Crippen LogP contribution >= 0.6 is 0 Å². The number of aromatic nitrogens is 3. The van der Waals surface area contributed by atoms with Gasteiger partial charge < -0.3 is 14.7 Å². The highest BCUT2D eigenvalue weighted by molar-refractivity contribution is 5.81. The van der Waals surface area contributed by atoms with Gasteiger partial charge >= 0.3 is 0 Å². The van der Waals surface area contributed by atoms with E-state index in [0.29, 0.717) is 24.8 Å². The summed E-state index contributed by atoms with van der Waals surface area (Å²) in [5, 5.41) is 6.62. The zero-order valence-electron chi connectivity index (χ0n) is 11.2. The molecule has 0 atom stereocenters. The number of nitrogens with zero attached hydrogens (tertiary/aromatic N) is 4. The molecule has 20 heavy (non-hydrogen) atoms. The molecule has 7 heteroatoms. The Balaban J connectivity index is 1.88. The van der Waals surface area contributed by atoms with Crippen LogP contribution in [-0.2, 0) is 4.79 Å². The minimum atomic E-state index is 0.0170. The Hall–Kier alpha value is -2.44. The van der Waals surface area contributed by atoms with Crippen molar-refractivity contribution in [1.82, 2.24) is 20.4 Å². The number of hydrogen-bond acceptors (Lipinski definition) is 6. The fraction of sp³-hybridized carbons (Fsp3) is 0.385. The molecule has 2 aromatic rings. The van der Waals surface area contributed by atoms with Crippen LogP contribution in [0.5, 0.6) is 0 Å². The molecule has 0 saturated carbocycles. The van der Waals surface area contributed by atoms with Crippen molar-refractivity contribution >= 4 is 11.7 Å². The molecule has 104 valence electrons. The van der Waals surface area contributed by atoms with Gasteiger partial charge in [0.25, 0.3) is 5.89 Å². The summed E-state index contributed by atoms with van der Waals surface area (Å²) in [5.41, 5.74) is 0.806. The second-order valence-electron chi connectivity index (χ2n) is 4.67. The van der Waals surface area contributed by atoms with E-state index in [9.17, 15) is 4.79 Å². The van der Waals surface area contributed by atoms with Gasteiger partial charge in [-0.3, -0.25) is 4.79 Å². The summed E-state index contributed by atoms with van der Waals surface area (Å²) in [7, 11) is 0. The number of anilines is 1. The Labute approximate surface area is 116 Å². The summed E-state index contributed by atoms with van der Waals surface area (Å²) in [6.07, 6.45) is 2.59. The normalized spacial score (nSPS) is 15.8. The summed E-state index contributed by atoms with van der Waals surface area (Å²) in [6.45, 7) is 3.59. The number of amides is 1. The fourth-order valence-electron chi connectivity index (χ4n) is 2.14. The topological polar surface area (TPSA) is 84.2 Å². The summed E-state index contributed by atoms with van der Waals surface area (Å²) < 4.78 is 5.15. The second kappa shape index (κ2) is 5.28. The van der Waals surface area contributed by atoms with Crippen molar-refractivity contribution in [2.45, 2.75) is 13.3 Å². The van der Waals surface area contributed by atoms with Crippen molar-refractivity contribution in [2.24, 2.45) is 0 Å². The molecule has 1 fully saturated rings. The Morgan fingerprint density at radius 1 is 1.45 bits per heavy atom. The SMILES string of the molecule is Cc1noc(-c2ccnc(N3CCCNC(=O)C3)c2)n1. The van der Waals surface area contributed by atoms with Gasteiger partial charge in [0.1, 0.15) is 5.82 Å². The van der Waals surface area contributed by atoms with Crippen molar-refractivity contribution in [3.05, 3.63) is 24.2 Å². The summed E-state index contributed by atoms with van der Waals surface area (Å²) in [5.74, 6) is 1.82. The van der Waals surface area contributed by atoms with Crippen LogP contribution in [0.3, 0.4) is 0 Å². The highest BCUT2D eigenvalue weighted by Gasteiger charge is 2.17. The maximum absolute atomic E-state index is 11.6. The first-order valence-corrected chi connectivity index (χ1v) is 6.51. The van der Waals surface area contributed by atoms with E-state index in [1.807, 2.05) is 17.0 Å². The molecule has 0 bridgehead atoms. The smallest absolute Gasteiger partial charge is 0.258 e. The second-order valence-corrected chi connectivity index (χ2v) is 4.67. The van der Waals surface area contributed by atoms with Gasteiger partial charge in [0.05, 0.1) is 6.54 Å². The monoisotopic (exact) mass is 273 g/mol. The average molecular weight is 273 g/mol. The standard InChI is InChI=1S/C13H15N5O2/c1-9-16-13(20-17-9)10-3-5-14-11(7-10)18-6-2-4-15-12(19)8-18/h3,5,7H,2,4,6,8H2,1H3,(H,15,19). The van der Waals surface area contributed by atoms with Crippen LogP contribution in [0.4, 0.5) is 5.82 Å². The summed E-state index contributed by atoms with van der Waals surface area (Å²) >= 11 is 0. The molecule has 1 amide bonds. The van der Waals surface area contributed by atoms with Crippen LogP contribution in [0.15, 0.2) is 22.9 Å². The van der Waals surface area contributed by atoms with Crippen molar-refractivity contribution in [3.63, 3.8) is 0 Å². The Morgan fingerprint density at radius 2 is 2.35 bits per heavy atom. The molecule has 3 heterocycles. The molecule has 0 aliphatic carbocycles. The third-order valence-corrected chi connectivity index (χ3v) is 3.11. The number of carbonyl (C=O) groups is 1. The van der Waals surface area contributed by atoms with Crippen molar-refractivity contribution in [3.8, 4) is 11.5 Å². The van der Waals surface area contributed by atoms with Gasteiger partial charge in [-0.25, -0.2) is 4.98 Å². The summed E-state index contributed by atoms with van der Waals surface area (Å²) in [4.78, 5) is 22.1. The van der Waals surface area contributed by atoms with E-state index in [1.165, 1.54) is 0 Å². The molecule has 2 aromatic heterocycles. The molecule has 0 spiro atoms. The number of aryl methyl sites for hydroxylation is 1. The van der Waals surface area contributed by atoms with Crippen LogP contribution in [0.1, 0.15) is 12.2 Å². The molecule has 0 aromatic carbocycles. The number of nitrogens with one attached hydrogen (secondary N) is 1. The van der Waals surface area contributed by atoms with E-state index < -0.39 is 0 Å². The third kappa shape index (κ3) is 2.61. The van der Waals surface area contributed by atoms with Gasteiger partial charge in [-0.1, -0.05) is 5.16 Å². The molecule has 1 aliphatic rings. The van der Waals surface area contributed by atoms with Gasteiger partial charge in [0, 0.05) is 24.8 Å². The van der Waals surface area contributed by atoms with Gasteiger partial charge in [-0.15, -0.1) is 0 Å². The highest BCUT2D eigenvalue weighted by Crippen LogP contribution is 2.21. The number of hydrogen-bond donors (Lipinski definition) is 1. The predicted octanol–water partition coefficient (Wildman–Crippen LogP) is 0.766. The Kier molecular flexibility index (Phi) is 3.32. The molecule has 7 nitrogen and oxygen atoms in total.